The molecule has 3 unspecified atom stereocenters. The summed E-state index contributed by atoms with van der Waals surface area (Å²) in [6.45, 7) is 1.95. The van der Waals surface area contributed by atoms with Crippen LogP contribution in [0.1, 0.15) is 46.9 Å². The van der Waals surface area contributed by atoms with Crippen LogP contribution in [0, 0.1) is 0 Å². The molecule has 24 heavy (non-hydrogen) atoms. The average molecular weight is 328 g/mol. The number of ketones is 2. The molecular formula is C18H16O6. The van der Waals surface area contributed by atoms with Crippen LogP contribution in [-0.4, -0.2) is 41.0 Å². The van der Waals surface area contributed by atoms with Crippen LogP contribution in [0.4, 0.5) is 0 Å². The van der Waals surface area contributed by atoms with E-state index < -0.39 is 30.1 Å². The predicted molar refractivity (Wildman–Crippen MR) is 81.9 cm³/mol. The number of hydrogen-bond acceptors (Lipinski definition) is 6. The lowest BCUT2D eigenvalue weighted by molar-refractivity contribution is -0.140. The normalized spacial score (nSPS) is 28.4. The molecule has 0 bridgehead atoms. The molecule has 1 aromatic rings. The van der Waals surface area contributed by atoms with Crippen molar-refractivity contribution in [3.63, 3.8) is 0 Å². The summed E-state index contributed by atoms with van der Waals surface area (Å²) in [4.78, 5) is 37.6. The van der Waals surface area contributed by atoms with Crippen molar-refractivity contribution in [2.45, 2.75) is 44.5 Å². The number of esters is 1. The van der Waals surface area contributed by atoms with Crippen molar-refractivity contribution in [2.24, 2.45) is 0 Å². The van der Waals surface area contributed by atoms with E-state index in [0.29, 0.717) is 6.42 Å². The first-order valence-electron chi connectivity index (χ1n) is 8.03. The van der Waals surface area contributed by atoms with E-state index in [-0.39, 0.29) is 40.2 Å². The molecule has 3 atom stereocenters. The van der Waals surface area contributed by atoms with Gasteiger partial charge in [-0.3, -0.25) is 14.4 Å². The largest absolute Gasteiger partial charge is 0.507 e. The highest BCUT2D eigenvalue weighted by molar-refractivity contribution is 6.29. The molecule has 1 N–H and O–H groups in total. The van der Waals surface area contributed by atoms with E-state index in [9.17, 15) is 19.5 Å². The molecule has 3 aliphatic rings. The van der Waals surface area contributed by atoms with E-state index in [1.807, 2.05) is 6.92 Å². The standard InChI is InChI=1S/C18H16O6/c1-2-4-10-14-15(18-11(23-10)7-12(20)24-18)16(21)8-5-3-6-9(19)13(8)17(14)22/h3,5-6,10-11,18-19H,2,4,7H2,1H3. The van der Waals surface area contributed by atoms with Crippen LogP contribution < -0.4 is 0 Å². The zero-order valence-electron chi connectivity index (χ0n) is 13.1. The van der Waals surface area contributed by atoms with Gasteiger partial charge in [0.15, 0.2) is 17.7 Å². The van der Waals surface area contributed by atoms with Crippen molar-refractivity contribution >= 4 is 17.5 Å². The molecule has 2 heterocycles. The Balaban J connectivity index is 1.92. The summed E-state index contributed by atoms with van der Waals surface area (Å²) in [5.41, 5.74) is 0.608. The summed E-state index contributed by atoms with van der Waals surface area (Å²) in [5, 5.41) is 10.1. The summed E-state index contributed by atoms with van der Waals surface area (Å²) in [5.74, 6) is -1.45. The van der Waals surface area contributed by atoms with Crippen molar-refractivity contribution in [1.82, 2.24) is 0 Å². The van der Waals surface area contributed by atoms with Gasteiger partial charge >= 0.3 is 5.97 Å². The minimum Gasteiger partial charge on any atom is -0.507 e. The van der Waals surface area contributed by atoms with Crippen molar-refractivity contribution < 1.29 is 29.0 Å². The molecule has 1 saturated heterocycles. The fourth-order valence-corrected chi connectivity index (χ4v) is 3.75. The molecule has 4 rings (SSSR count). The number of benzene rings is 1. The number of hydrogen-bond donors (Lipinski definition) is 1. The Hall–Kier alpha value is -2.47. The molecule has 0 spiro atoms. The number of ether oxygens (including phenoxy) is 2. The molecule has 1 aliphatic carbocycles. The smallest absolute Gasteiger partial charge is 0.309 e. The molecule has 124 valence electrons. The topological polar surface area (TPSA) is 89.9 Å². The maximum Gasteiger partial charge on any atom is 0.309 e. The van der Waals surface area contributed by atoms with Crippen LogP contribution in [-0.2, 0) is 14.3 Å². The van der Waals surface area contributed by atoms with E-state index in [2.05, 4.69) is 0 Å². The van der Waals surface area contributed by atoms with Gasteiger partial charge < -0.3 is 14.6 Å². The van der Waals surface area contributed by atoms with Gasteiger partial charge in [0.2, 0.25) is 0 Å². The molecule has 0 aromatic heterocycles. The minimum absolute atomic E-state index is 0.00808. The molecule has 6 heteroatoms. The van der Waals surface area contributed by atoms with Crippen LogP contribution in [0.5, 0.6) is 5.75 Å². The minimum atomic E-state index is -0.840. The van der Waals surface area contributed by atoms with Crippen molar-refractivity contribution in [3.8, 4) is 5.75 Å². The second-order valence-corrected chi connectivity index (χ2v) is 6.25. The molecule has 0 saturated carbocycles. The lowest BCUT2D eigenvalue weighted by Gasteiger charge is -2.36. The Morgan fingerprint density at radius 1 is 1.17 bits per heavy atom. The maximum atomic E-state index is 13.0. The van der Waals surface area contributed by atoms with Gasteiger partial charge in [-0.25, -0.2) is 0 Å². The summed E-state index contributed by atoms with van der Waals surface area (Å²) >= 11 is 0. The number of aromatic hydroxyl groups is 1. The van der Waals surface area contributed by atoms with Crippen molar-refractivity contribution in [1.29, 1.82) is 0 Å². The molecular weight excluding hydrogens is 312 g/mol. The number of carbonyl (C=O) groups excluding carboxylic acids is 3. The van der Waals surface area contributed by atoms with Gasteiger partial charge in [0, 0.05) is 11.1 Å². The zero-order valence-corrected chi connectivity index (χ0v) is 13.1. The first-order chi connectivity index (χ1) is 11.5. The Bertz CT molecular complexity index is 806. The number of fused-ring (bicyclic) bond motifs is 3. The quantitative estimate of drug-likeness (QED) is 0.835. The van der Waals surface area contributed by atoms with Gasteiger partial charge in [-0.1, -0.05) is 25.5 Å². The van der Waals surface area contributed by atoms with E-state index in [0.717, 1.165) is 6.42 Å². The maximum absolute atomic E-state index is 13.0. The fraction of sp³-hybridized carbons (Fsp3) is 0.389. The van der Waals surface area contributed by atoms with E-state index in [4.69, 9.17) is 9.47 Å². The van der Waals surface area contributed by atoms with Crippen LogP contribution in [0.15, 0.2) is 29.3 Å². The van der Waals surface area contributed by atoms with E-state index >= 15 is 0 Å². The highest BCUT2D eigenvalue weighted by Crippen LogP contribution is 2.43. The third-order valence-corrected chi connectivity index (χ3v) is 4.75. The Morgan fingerprint density at radius 3 is 2.71 bits per heavy atom. The number of rotatable bonds is 2. The molecule has 1 fully saturated rings. The molecule has 6 nitrogen and oxygen atoms in total. The number of Topliss-reactive ketones (excluding diaryl/α,β-unsaturated/α-hetero) is 2. The summed E-state index contributed by atoms with van der Waals surface area (Å²) in [6.07, 6.45) is -0.558. The van der Waals surface area contributed by atoms with Crippen LogP contribution >= 0.6 is 0 Å². The molecule has 2 aliphatic heterocycles. The number of phenols is 1. The van der Waals surface area contributed by atoms with E-state index in [1.54, 1.807) is 0 Å². The van der Waals surface area contributed by atoms with Gasteiger partial charge in [0.1, 0.15) is 11.9 Å². The predicted octanol–water partition coefficient (Wildman–Crippen LogP) is 1.95. The second-order valence-electron chi connectivity index (χ2n) is 6.25. The van der Waals surface area contributed by atoms with Gasteiger partial charge in [-0.05, 0) is 12.5 Å². The van der Waals surface area contributed by atoms with E-state index in [1.165, 1.54) is 18.2 Å². The monoisotopic (exact) mass is 328 g/mol. The van der Waals surface area contributed by atoms with Gasteiger partial charge in [0.05, 0.1) is 23.7 Å². The average Bonchev–Trinajstić information content (AvgIpc) is 2.91. The van der Waals surface area contributed by atoms with Crippen molar-refractivity contribution in [3.05, 3.63) is 40.5 Å². The van der Waals surface area contributed by atoms with Gasteiger partial charge in [0.25, 0.3) is 0 Å². The molecule has 0 radical (unpaired) electrons. The Morgan fingerprint density at radius 2 is 1.96 bits per heavy atom. The SMILES string of the molecule is CCCC1OC2CC(=O)OC2C2=C1C(=O)c1c(O)cccc1C2=O. The van der Waals surface area contributed by atoms with Crippen LogP contribution in [0.2, 0.25) is 0 Å². The zero-order chi connectivity index (χ0) is 17.0. The first kappa shape index (κ1) is 15.1. The van der Waals surface area contributed by atoms with Gasteiger partial charge in [-0.15, -0.1) is 0 Å². The third-order valence-electron chi connectivity index (χ3n) is 4.75. The first-order valence-corrected chi connectivity index (χ1v) is 8.03. The van der Waals surface area contributed by atoms with Crippen LogP contribution in [0.3, 0.4) is 0 Å². The highest BCUT2D eigenvalue weighted by atomic mass is 16.6. The summed E-state index contributed by atoms with van der Waals surface area (Å²) < 4.78 is 11.2. The van der Waals surface area contributed by atoms with Crippen molar-refractivity contribution in [2.75, 3.05) is 0 Å². The third kappa shape index (κ3) is 1.96. The number of carbonyl (C=O) groups is 3. The molecule has 0 amide bonds. The second kappa shape index (κ2) is 5.27. The molecule has 1 aromatic carbocycles. The summed E-state index contributed by atoms with van der Waals surface area (Å²) in [6, 6.07) is 4.41. The lowest BCUT2D eigenvalue weighted by Crippen LogP contribution is -2.45. The van der Waals surface area contributed by atoms with Crippen LogP contribution in [0.25, 0.3) is 0 Å². The summed E-state index contributed by atoms with van der Waals surface area (Å²) in [7, 11) is 0. The number of phenolic OH excluding ortho intramolecular Hbond substituents is 1. The highest BCUT2D eigenvalue weighted by Gasteiger charge is 2.51. The Kier molecular flexibility index (Phi) is 3.31. The van der Waals surface area contributed by atoms with Gasteiger partial charge in [-0.2, -0.15) is 0 Å². The Labute approximate surface area is 138 Å². The lowest BCUT2D eigenvalue weighted by atomic mass is 9.76. The fourth-order valence-electron chi connectivity index (χ4n) is 3.75.